The number of hydrogen-bond donors (Lipinski definition) is 2. The van der Waals surface area contributed by atoms with E-state index in [0.29, 0.717) is 4.47 Å². The Hall–Kier alpha value is -1.48. The molecule has 1 amide bonds. The van der Waals surface area contributed by atoms with Gasteiger partial charge in [0.15, 0.2) is 9.84 Å². The van der Waals surface area contributed by atoms with Crippen LogP contribution >= 0.6 is 15.9 Å². The Bertz CT molecular complexity index is 662. The van der Waals surface area contributed by atoms with Gasteiger partial charge in [-0.25, -0.2) is 17.6 Å². The summed E-state index contributed by atoms with van der Waals surface area (Å²) in [4.78, 5) is 21.8. The van der Waals surface area contributed by atoms with Crippen molar-refractivity contribution in [3.05, 3.63) is 34.1 Å². The summed E-state index contributed by atoms with van der Waals surface area (Å²) in [5.41, 5.74) is -0.0728. The van der Waals surface area contributed by atoms with Gasteiger partial charge in [0.25, 0.3) is 0 Å². The highest BCUT2D eigenvalue weighted by Gasteiger charge is 2.27. The molecule has 0 fully saturated rings. The van der Waals surface area contributed by atoms with E-state index in [4.69, 9.17) is 5.11 Å². The van der Waals surface area contributed by atoms with Crippen LogP contribution in [0.2, 0.25) is 0 Å². The van der Waals surface area contributed by atoms with Gasteiger partial charge in [0.05, 0.1) is 11.5 Å². The lowest BCUT2D eigenvalue weighted by Crippen LogP contribution is -2.44. The number of halogens is 2. The van der Waals surface area contributed by atoms with Gasteiger partial charge in [-0.05, 0) is 18.2 Å². The van der Waals surface area contributed by atoms with Crippen LogP contribution in [0.3, 0.4) is 0 Å². The summed E-state index contributed by atoms with van der Waals surface area (Å²) >= 11 is 3.10. The molecule has 2 N–H and O–H groups in total. The first-order valence-corrected chi connectivity index (χ1v) is 8.36. The lowest BCUT2D eigenvalue weighted by atomic mass is 10.2. The Morgan fingerprint density at radius 1 is 1.43 bits per heavy atom. The molecule has 0 saturated carbocycles. The zero-order valence-corrected chi connectivity index (χ0v) is 13.4. The summed E-state index contributed by atoms with van der Waals surface area (Å²) in [6.45, 7) is 1.08. The fraction of sp³-hybridized carbons (Fsp3) is 0.333. The number of sulfone groups is 1. The predicted molar refractivity (Wildman–Crippen MR) is 76.8 cm³/mol. The lowest BCUT2D eigenvalue weighted by molar-refractivity contribution is -0.140. The number of amides is 1. The van der Waals surface area contributed by atoms with Crippen LogP contribution in [0.25, 0.3) is 0 Å². The molecular formula is C12H13BrFNO5S. The third-order valence-corrected chi connectivity index (χ3v) is 4.56. The van der Waals surface area contributed by atoms with E-state index in [0.717, 1.165) is 13.0 Å². The highest BCUT2D eigenvalue weighted by Crippen LogP contribution is 2.18. The molecule has 1 aromatic rings. The van der Waals surface area contributed by atoms with Crippen LogP contribution in [-0.4, -0.2) is 37.2 Å². The molecular weight excluding hydrogens is 369 g/mol. The molecule has 116 valence electrons. The molecule has 0 saturated heterocycles. The van der Waals surface area contributed by atoms with Crippen molar-refractivity contribution in [1.29, 1.82) is 0 Å². The van der Waals surface area contributed by atoms with Crippen molar-refractivity contribution in [2.75, 3.05) is 5.75 Å². The maximum atomic E-state index is 13.5. The molecule has 0 spiro atoms. The number of hydrogen-bond acceptors (Lipinski definition) is 4. The second-order valence-electron chi connectivity index (χ2n) is 4.38. The predicted octanol–water partition coefficient (Wildman–Crippen LogP) is 1.09. The highest BCUT2D eigenvalue weighted by atomic mass is 79.9. The minimum atomic E-state index is -3.92. The molecule has 6 nitrogen and oxygen atoms in total. The quantitative estimate of drug-likeness (QED) is 0.767. The Balaban J connectivity index is 2.92. The summed E-state index contributed by atoms with van der Waals surface area (Å²) in [6, 6.07) is 2.27. The van der Waals surface area contributed by atoms with Crippen LogP contribution in [0, 0.1) is 5.82 Å². The van der Waals surface area contributed by atoms with E-state index in [1.54, 1.807) is 0 Å². The van der Waals surface area contributed by atoms with E-state index >= 15 is 0 Å². The lowest BCUT2D eigenvalue weighted by Gasteiger charge is -2.14. The maximum absolute atomic E-state index is 13.5. The standard InChI is InChI=1S/C12H13BrFNO5S/c1-7(16)15-11(12(17)18)6-21(19,20)5-8-4-9(13)2-3-10(8)14/h2-4,11H,5-6H2,1H3,(H,15,16)(H,17,18)/t11-/m0/s1. The fourth-order valence-corrected chi connectivity index (χ4v) is 3.58. The Morgan fingerprint density at radius 3 is 2.57 bits per heavy atom. The fourth-order valence-electron chi connectivity index (χ4n) is 1.62. The normalized spacial score (nSPS) is 12.7. The number of carbonyl (C=O) groups excluding carboxylic acids is 1. The monoisotopic (exact) mass is 381 g/mol. The molecule has 0 aromatic heterocycles. The van der Waals surface area contributed by atoms with Gasteiger partial charge in [0.1, 0.15) is 11.9 Å². The van der Waals surface area contributed by atoms with Crippen LogP contribution in [0.1, 0.15) is 12.5 Å². The van der Waals surface area contributed by atoms with Crippen molar-refractivity contribution < 1.29 is 27.5 Å². The van der Waals surface area contributed by atoms with E-state index in [1.165, 1.54) is 12.1 Å². The van der Waals surface area contributed by atoms with Crippen LogP contribution in [0.4, 0.5) is 4.39 Å². The molecule has 9 heteroatoms. The maximum Gasteiger partial charge on any atom is 0.327 e. The molecule has 21 heavy (non-hydrogen) atoms. The largest absolute Gasteiger partial charge is 0.480 e. The molecule has 0 bridgehead atoms. The molecule has 0 aliphatic carbocycles. The number of carboxylic acid groups (broad SMARTS) is 1. The number of nitrogens with one attached hydrogen (secondary N) is 1. The van der Waals surface area contributed by atoms with Gasteiger partial charge in [-0.15, -0.1) is 0 Å². The van der Waals surface area contributed by atoms with E-state index in [-0.39, 0.29) is 5.56 Å². The molecule has 0 heterocycles. The van der Waals surface area contributed by atoms with Crippen LogP contribution in [-0.2, 0) is 25.2 Å². The number of aliphatic carboxylic acids is 1. The minimum Gasteiger partial charge on any atom is -0.480 e. The number of carbonyl (C=O) groups is 2. The number of benzene rings is 1. The van der Waals surface area contributed by atoms with Crippen molar-refractivity contribution in [2.45, 2.75) is 18.7 Å². The summed E-state index contributed by atoms with van der Waals surface area (Å²) < 4.78 is 38.0. The van der Waals surface area contributed by atoms with Crippen molar-refractivity contribution >= 4 is 37.6 Å². The van der Waals surface area contributed by atoms with Gasteiger partial charge in [-0.1, -0.05) is 15.9 Å². The molecule has 0 aliphatic heterocycles. The van der Waals surface area contributed by atoms with Crippen LogP contribution in [0.5, 0.6) is 0 Å². The average molecular weight is 382 g/mol. The summed E-state index contributed by atoms with van der Waals surface area (Å²) in [6.07, 6.45) is 0. The second kappa shape index (κ2) is 6.99. The zero-order chi connectivity index (χ0) is 16.2. The van der Waals surface area contributed by atoms with Gasteiger partial charge in [0, 0.05) is 17.0 Å². The van der Waals surface area contributed by atoms with Crippen LogP contribution < -0.4 is 5.32 Å². The third-order valence-electron chi connectivity index (χ3n) is 2.48. The topological polar surface area (TPSA) is 101 Å². The third kappa shape index (κ3) is 5.80. The first kappa shape index (κ1) is 17.6. The van der Waals surface area contributed by atoms with Crippen molar-refractivity contribution in [2.24, 2.45) is 0 Å². The van der Waals surface area contributed by atoms with E-state index in [1.807, 2.05) is 5.32 Å². The number of rotatable bonds is 6. The van der Waals surface area contributed by atoms with E-state index < -0.39 is 45.1 Å². The summed E-state index contributed by atoms with van der Waals surface area (Å²) in [7, 11) is -3.92. The number of carboxylic acids is 1. The molecule has 1 atom stereocenters. The SMILES string of the molecule is CC(=O)N[C@@H](CS(=O)(=O)Cc1cc(Br)ccc1F)C(=O)O. The average Bonchev–Trinajstić information content (AvgIpc) is 2.31. The summed E-state index contributed by atoms with van der Waals surface area (Å²) in [5, 5.41) is 10.9. The smallest absolute Gasteiger partial charge is 0.327 e. The van der Waals surface area contributed by atoms with Crippen LogP contribution in [0.15, 0.2) is 22.7 Å². The first-order valence-electron chi connectivity index (χ1n) is 5.75. The zero-order valence-electron chi connectivity index (χ0n) is 11.0. The minimum absolute atomic E-state index is 0.0728. The van der Waals surface area contributed by atoms with Gasteiger partial charge < -0.3 is 10.4 Å². The first-order chi connectivity index (χ1) is 9.60. The van der Waals surface area contributed by atoms with Crippen molar-refractivity contribution in [1.82, 2.24) is 5.32 Å². The molecule has 0 unspecified atom stereocenters. The van der Waals surface area contributed by atoms with Crippen molar-refractivity contribution in [3.8, 4) is 0 Å². The van der Waals surface area contributed by atoms with E-state index in [9.17, 15) is 22.4 Å². The Kier molecular flexibility index (Phi) is 5.85. The second-order valence-corrected chi connectivity index (χ2v) is 7.41. The molecule has 0 aliphatic rings. The highest BCUT2D eigenvalue weighted by molar-refractivity contribution is 9.10. The van der Waals surface area contributed by atoms with E-state index in [2.05, 4.69) is 15.9 Å². The molecule has 1 aromatic carbocycles. The molecule has 0 radical (unpaired) electrons. The van der Waals surface area contributed by atoms with Crippen molar-refractivity contribution in [3.63, 3.8) is 0 Å². The van der Waals surface area contributed by atoms with Gasteiger partial charge in [-0.3, -0.25) is 4.79 Å². The Labute approximate surface area is 129 Å². The van der Waals surface area contributed by atoms with Gasteiger partial charge in [0.2, 0.25) is 5.91 Å². The Morgan fingerprint density at radius 2 is 2.05 bits per heavy atom. The van der Waals surface area contributed by atoms with Gasteiger partial charge >= 0.3 is 5.97 Å². The van der Waals surface area contributed by atoms with Gasteiger partial charge in [-0.2, -0.15) is 0 Å². The molecule has 1 rings (SSSR count). The summed E-state index contributed by atoms with van der Waals surface area (Å²) in [5.74, 6) is -4.29.